The van der Waals surface area contributed by atoms with E-state index >= 15 is 0 Å². The molecule has 2 rings (SSSR count). The van der Waals surface area contributed by atoms with Gasteiger partial charge in [-0.05, 0) is 44.2 Å². The minimum atomic E-state index is -0.352. The van der Waals surface area contributed by atoms with Crippen molar-refractivity contribution in [1.82, 2.24) is 4.90 Å². The Balaban J connectivity index is 2.23. The second kappa shape index (κ2) is 8.89. The summed E-state index contributed by atoms with van der Waals surface area (Å²) in [7, 11) is 3.78. The van der Waals surface area contributed by atoms with Gasteiger partial charge >= 0.3 is 6.03 Å². The Morgan fingerprint density at radius 3 is 2.08 bits per heavy atom. The van der Waals surface area contributed by atoms with E-state index in [-0.39, 0.29) is 11.9 Å². The fourth-order valence-corrected chi connectivity index (χ4v) is 2.67. The molecule has 0 atom stereocenters. The molecule has 0 aliphatic carbocycles. The third kappa shape index (κ3) is 4.75. The lowest BCUT2D eigenvalue weighted by atomic mass is 10.1. The predicted octanol–water partition coefficient (Wildman–Crippen LogP) is 3.88. The highest BCUT2D eigenvalue weighted by Crippen LogP contribution is 2.24. The molecule has 0 aromatic heterocycles. The zero-order valence-corrected chi connectivity index (χ0v) is 15.7. The van der Waals surface area contributed by atoms with E-state index in [0.717, 1.165) is 5.69 Å². The molecular weight excluding hydrogens is 328 g/mol. The van der Waals surface area contributed by atoms with Gasteiger partial charge < -0.3 is 20.4 Å². The van der Waals surface area contributed by atoms with Gasteiger partial charge in [0.25, 0.3) is 5.91 Å². The summed E-state index contributed by atoms with van der Waals surface area (Å²) in [5.41, 5.74) is 2.65. The van der Waals surface area contributed by atoms with Gasteiger partial charge in [0.05, 0.1) is 5.56 Å². The molecule has 0 saturated heterocycles. The van der Waals surface area contributed by atoms with E-state index in [1.807, 2.05) is 69.2 Å². The molecule has 0 spiro atoms. The van der Waals surface area contributed by atoms with E-state index in [9.17, 15) is 9.59 Å². The average Bonchev–Trinajstić information content (AvgIpc) is 2.63. The number of anilines is 3. The van der Waals surface area contributed by atoms with Gasteiger partial charge in [-0.3, -0.25) is 4.79 Å². The van der Waals surface area contributed by atoms with Crippen molar-refractivity contribution < 1.29 is 9.59 Å². The molecule has 0 heterocycles. The predicted molar refractivity (Wildman–Crippen MR) is 107 cm³/mol. The van der Waals surface area contributed by atoms with Gasteiger partial charge in [-0.2, -0.15) is 0 Å². The van der Waals surface area contributed by atoms with Crippen LogP contribution in [-0.4, -0.2) is 44.0 Å². The van der Waals surface area contributed by atoms with Gasteiger partial charge in [-0.25, -0.2) is 4.79 Å². The van der Waals surface area contributed by atoms with Crippen LogP contribution in [0.5, 0.6) is 0 Å². The number of amides is 3. The van der Waals surface area contributed by atoms with Crippen molar-refractivity contribution in [3.8, 4) is 0 Å². The minimum absolute atomic E-state index is 0.0502. The highest BCUT2D eigenvalue weighted by atomic mass is 16.2. The fourth-order valence-electron chi connectivity index (χ4n) is 2.67. The van der Waals surface area contributed by atoms with Crippen molar-refractivity contribution in [2.24, 2.45) is 0 Å². The monoisotopic (exact) mass is 354 g/mol. The highest BCUT2D eigenvalue weighted by Gasteiger charge is 2.18. The average molecular weight is 354 g/mol. The molecule has 2 aromatic carbocycles. The number of hydrogen-bond donors (Lipinski definition) is 2. The van der Waals surface area contributed by atoms with Gasteiger partial charge in [0.1, 0.15) is 0 Å². The first-order valence-electron chi connectivity index (χ1n) is 8.70. The third-order valence-corrected chi connectivity index (χ3v) is 4.05. The summed E-state index contributed by atoms with van der Waals surface area (Å²) in [6, 6.07) is 14.2. The number of nitrogens with one attached hydrogen (secondary N) is 2. The van der Waals surface area contributed by atoms with E-state index < -0.39 is 0 Å². The van der Waals surface area contributed by atoms with Crippen LogP contribution in [0.1, 0.15) is 24.2 Å². The summed E-state index contributed by atoms with van der Waals surface area (Å²) < 4.78 is 0. The van der Waals surface area contributed by atoms with Crippen LogP contribution in [0.25, 0.3) is 0 Å². The van der Waals surface area contributed by atoms with E-state index in [1.54, 1.807) is 17.0 Å². The molecule has 0 unspecified atom stereocenters. The second-order valence-corrected chi connectivity index (χ2v) is 6.05. The zero-order chi connectivity index (χ0) is 19.1. The van der Waals surface area contributed by atoms with Crippen molar-refractivity contribution in [3.05, 3.63) is 54.1 Å². The number of rotatable bonds is 6. The summed E-state index contributed by atoms with van der Waals surface area (Å²) in [6.45, 7) is 5.17. The molecule has 3 amide bonds. The van der Waals surface area contributed by atoms with Gasteiger partial charge in [0.2, 0.25) is 0 Å². The number of carbonyl (C=O) groups excluding carboxylic acids is 2. The number of carbonyl (C=O) groups is 2. The molecule has 2 N–H and O–H groups in total. The van der Waals surface area contributed by atoms with Crippen LogP contribution >= 0.6 is 0 Å². The molecule has 26 heavy (non-hydrogen) atoms. The summed E-state index contributed by atoms with van der Waals surface area (Å²) in [6.07, 6.45) is 0. The SMILES string of the molecule is CCN(CC)C(=O)c1cc(NC(=O)Nc2ccccc2)ccc1N(C)C. The van der Waals surface area contributed by atoms with E-state index in [4.69, 9.17) is 0 Å². The van der Waals surface area contributed by atoms with Crippen LogP contribution in [0.4, 0.5) is 21.9 Å². The fraction of sp³-hybridized carbons (Fsp3) is 0.300. The summed E-state index contributed by atoms with van der Waals surface area (Å²) in [5.74, 6) is -0.0502. The minimum Gasteiger partial charge on any atom is -0.377 e. The lowest BCUT2D eigenvalue weighted by molar-refractivity contribution is 0.0773. The van der Waals surface area contributed by atoms with Gasteiger partial charge in [-0.1, -0.05) is 18.2 Å². The maximum absolute atomic E-state index is 12.8. The molecular formula is C20H26N4O2. The summed E-state index contributed by atoms with van der Waals surface area (Å²) in [5, 5.41) is 5.55. The number of hydrogen-bond acceptors (Lipinski definition) is 3. The van der Waals surface area contributed by atoms with Gasteiger partial charge in [0.15, 0.2) is 0 Å². The van der Waals surface area contributed by atoms with Crippen molar-refractivity contribution in [3.63, 3.8) is 0 Å². The molecule has 6 nitrogen and oxygen atoms in total. The molecule has 138 valence electrons. The first kappa shape index (κ1) is 19.3. The summed E-state index contributed by atoms with van der Waals surface area (Å²) in [4.78, 5) is 28.7. The van der Waals surface area contributed by atoms with E-state index in [0.29, 0.717) is 30.0 Å². The van der Waals surface area contributed by atoms with Crippen molar-refractivity contribution in [1.29, 1.82) is 0 Å². The Kier molecular flexibility index (Phi) is 6.60. The number of benzene rings is 2. The lowest BCUT2D eigenvalue weighted by Crippen LogP contribution is -2.32. The topological polar surface area (TPSA) is 64.7 Å². The molecule has 0 aliphatic heterocycles. The van der Waals surface area contributed by atoms with Gasteiger partial charge in [0, 0.05) is 44.2 Å². The second-order valence-electron chi connectivity index (χ2n) is 6.05. The number of nitrogens with zero attached hydrogens (tertiary/aromatic N) is 2. The number of urea groups is 1. The van der Waals surface area contributed by atoms with Crippen molar-refractivity contribution >= 4 is 29.0 Å². The van der Waals surface area contributed by atoms with Crippen LogP contribution in [0.3, 0.4) is 0 Å². The standard InChI is InChI=1S/C20H26N4O2/c1-5-24(6-2)19(25)17-14-16(12-13-18(17)23(3)4)22-20(26)21-15-10-8-7-9-11-15/h7-14H,5-6H2,1-4H3,(H2,21,22,26). The molecule has 2 aromatic rings. The molecule has 0 bridgehead atoms. The Morgan fingerprint density at radius 2 is 1.50 bits per heavy atom. The van der Waals surface area contributed by atoms with Crippen molar-refractivity contribution in [2.75, 3.05) is 42.7 Å². The van der Waals surface area contributed by atoms with E-state index in [1.165, 1.54) is 0 Å². The number of para-hydroxylation sites is 1. The molecule has 0 aliphatic rings. The Hall–Kier alpha value is -3.02. The molecule has 6 heteroatoms. The highest BCUT2D eigenvalue weighted by molar-refractivity contribution is 6.03. The van der Waals surface area contributed by atoms with E-state index in [2.05, 4.69) is 10.6 Å². The smallest absolute Gasteiger partial charge is 0.323 e. The first-order valence-corrected chi connectivity index (χ1v) is 8.70. The first-order chi connectivity index (χ1) is 12.5. The molecule has 0 radical (unpaired) electrons. The van der Waals surface area contributed by atoms with Gasteiger partial charge in [-0.15, -0.1) is 0 Å². The maximum atomic E-state index is 12.8. The lowest BCUT2D eigenvalue weighted by Gasteiger charge is -2.23. The molecule has 0 saturated carbocycles. The Bertz CT molecular complexity index is 756. The van der Waals surface area contributed by atoms with Crippen molar-refractivity contribution in [2.45, 2.75) is 13.8 Å². The Morgan fingerprint density at radius 1 is 0.885 bits per heavy atom. The maximum Gasteiger partial charge on any atom is 0.323 e. The largest absolute Gasteiger partial charge is 0.377 e. The van der Waals surface area contributed by atoms with Crippen LogP contribution in [0.2, 0.25) is 0 Å². The Labute approximate surface area is 154 Å². The normalized spacial score (nSPS) is 10.2. The van der Waals surface area contributed by atoms with Crippen LogP contribution in [0, 0.1) is 0 Å². The van der Waals surface area contributed by atoms with Crippen LogP contribution in [-0.2, 0) is 0 Å². The molecule has 0 fully saturated rings. The van der Waals surface area contributed by atoms with Crippen LogP contribution < -0.4 is 15.5 Å². The zero-order valence-electron chi connectivity index (χ0n) is 15.7. The summed E-state index contributed by atoms with van der Waals surface area (Å²) >= 11 is 0. The quantitative estimate of drug-likeness (QED) is 0.827. The third-order valence-electron chi connectivity index (χ3n) is 4.05. The van der Waals surface area contributed by atoms with Crippen LogP contribution in [0.15, 0.2) is 48.5 Å².